The lowest BCUT2D eigenvalue weighted by Crippen LogP contribution is -2.14. The largest absolute Gasteiger partial charge is 0.347 e. The lowest BCUT2D eigenvalue weighted by atomic mass is 10.2. The minimum absolute atomic E-state index is 0.00297. The number of anilines is 1. The molecule has 112 valence electrons. The Labute approximate surface area is 134 Å². The van der Waals surface area contributed by atoms with Crippen molar-refractivity contribution in [1.29, 1.82) is 0 Å². The van der Waals surface area contributed by atoms with Gasteiger partial charge < -0.3 is 9.88 Å². The monoisotopic (exact) mass is 312 g/mol. The standard InChI is InChI=1S/C18H17ClN2O/c1-13-12-15(19)6-7-16(13)20-18(22)9-11-21-10-8-14-4-2-3-5-17(14)21/h2-8,10,12H,9,11H2,1H3,(H,20,22). The highest BCUT2D eigenvalue weighted by Crippen LogP contribution is 2.20. The van der Waals surface area contributed by atoms with Crippen molar-refractivity contribution in [2.24, 2.45) is 0 Å². The van der Waals surface area contributed by atoms with Gasteiger partial charge in [0.15, 0.2) is 0 Å². The molecular weight excluding hydrogens is 296 g/mol. The lowest BCUT2D eigenvalue weighted by Gasteiger charge is -2.09. The van der Waals surface area contributed by atoms with Gasteiger partial charge in [-0.25, -0.2) is 0 Å². The summed E-state index contributed by atoms with van der Waals surface area (Å²) in [6.45, 7) is 2.59. The number of nitrogens with zero attached hydrogens (tertiary/aromatic N) is 1. The van der Waals surface area contributed by atoms with E-state index in [-0.39, 0.29) is 5.91 Å². The fraction of sp³-hybridized carbons (Fsp3) is 0.167. The van der Waals surface area contributed by atoms with Gasteiger partial charge in [0.2, 0.25) is 5.91 Å². The number of halogens is 1. The Bertz CT molecular complexity index is 823. The van der Waals surface area contributed by atoms with E-state index in [0.29, 0.717) is 18.0 Å². The molecule has 4 heteroatoms. The van der Waals surface area contributed by atoms with Crippen LogP contribution in [0.3, 0.4) is 0 Å². The first kappa shape index (κ1) is 14.7. The predicted molar refractivity (Wildman–Crippen MR) is 91.4 cm³/mol. The second kappa shape index (κ2) is 6.24. The van der Waals surface area contributed by atoms with Gasteiger partial charge in [0.05, 0.1) is 0 Å². The lowest BCUT2D eigenvalue weighted by molar-refractivity contribution is -0.116. The number of para-hydroxylation sites is 1. The molecular formula is C18H17ClN2O. The van der Waals surface area contributed by atoms with Crippen LogP contribution in [0.4, 0.5) is 5.69 Å². The normalized spacial score (nSPS) is 10.8. The number of carbonyl (C=O) groups is 1. The van der Waals surface area contributed by atoms with Crippen LogP contribution in [-0.2, 0) is 11.3 Å². The number of carbonyl (C=O) groups excluding carboxylic acids is 1. The third-order valence-corrected chi connectivity index (χ3v) is 3.96. The summed E-state index contributed by atoms with van der Waals surface area (Å²) in [5.41, 5.74) is 2.93. The van der Waals surface area contributed by atoms with E-state index in [9.17, 15) is 4.79 Å². The molecule has 0 saturated carbocycles. The number of benzene rings is 2. The number of hydrogen-bond acceptors (Lipinski definition) is 1. The summed E-state index contributed by atoms with van der Waals surface area (Å²) in [6.07, 6.45) is 2.45. The molecule has 1 N–H and O–H groups in total. The zero-order valence-electron chi connectivity index (χ0n) is 12.3. The van der Waals surface area contributed by atoms with Crippen molar-refractivity contribution in [3.05, 3.63) is 65.3 Å². The van der Waals surface area contributed by atoms with E-state index in [4.69, 9.17) is 11.6 Å². The fourth-order valence-electron chi connectivity index (χ4n) is 2.54. The maximum absolute atomic E-state index is 12.1. The average Bonchev–Trinajstić information content (AvgIpc) is 2.91. The van der Waals surface area contributed by atoms with E-state index in [1.54, 1.807) is 6.07 Å². The van der Waals surface area contributed by atoms with Crippen molar-refractivity contribution in [3.63, 3.8) is 0 Å². The number of fused-ring (bicyclic) bond motifs is 1. The topological polar surface area (TPSA) is 34.0 Å². The average molecular weight is 313 g/mol. The molecule has 1 amide bonds. The zero-order chi connectivity index (χ0) is 15.5. The SMILES string of the molecule is Cc1cc(Cl)ccc1NC(=O)CCn1ccc2ccccc21. The molecule has 2 aromatic carbocycles. The molecule has 22 heavy (non-hydrogen) atoms. The third-order valence-electron chi connectivity index (χ3n) is 3.72. The Morgan fingerprint density at radius 3 is 2.82 bits per heavy atom. The molecule has 1 heterocycles. The number of nitrogens with one attached hydrogen (secondary N) is 1. The van der Waals surface area contributed by atoms with Gasteiger partial charge in [0.1, 0.15) is 0 Å². The van der Waals surface area contributed by atoms with Crippen molar-refractivity contribution in [3.8, 4) is 0 Å². The summed E-state index contributed by atoms with van der Waals surface area (Å²) in [5.74, 6) is 0.00297. The van der Waals surface area contributed by atoms with Crippen LogP contribution in [0.25, 0.3) is 10.9 Å². The Hall–Kier alpha value is -2.26. The van der Waals surface area contributed by atoms with E-state index < -0.39 is 0 Å². The molecule has 0 bridgehead atoms. The van der Waals surface area contributed by atoms with Gasteiger partial charge in [-0.05, 0) is 48.2 Å². The number of hydrogen-bond donors (Lipinski definition) is 1. The first-order valence-corrected chi connectivity index (χ1v) is 7.61. The van der Waals surface area contributed by atoms with Crippen LogP contribution in [-0.4, -0.2) is 10.5 Å². The summed E-state index contributed by atoms with van der Waals surface area (Å²) < 4.78 is 2.10. The molecule has 0 saturated heterocycles. The number of amides is 1. The van der Waals surface area contributed by atoms with Crippen molar-refractivity contribution < 1.29 is 4.79 Å². The maximum atomic E-state index is 12.1. The van der Waals surface area contributed by atoms with Crippen molar-refractivity contribution >= 4 is 34.1 Å². The molecule has 0 spiro atoms. The highest BCUT2D eigenvalue weighted by molar-refractivity contribution is 6.30. The van der Waals surface area contributed by atoms with Crippen LogP contribution in [0.1, 0.15) is 12.0 Å². The second-order valence-corrected chi connectivity index (χ2v) is 5.76. The number of rotatable bonds is 4. The van der Waals surface area contributed by atoms with E-state index >= 15 is 0 Å². The minimum Gasteiger partial charge on any atom is -0.347 e. The van der Waals surface area contributed by atoms with Gasteiger partial charge in [-0.3, -0.25) is 4.79 Å². The van der Waals surface area contributed by atoms with Crippen LogP contribution < -0.4 is 5.32 Å². The van der Waals surface area contributed by atoms with Gasteiger partial charge in [-0.15, -0.1) is 0 Å². The molecule has 0 fully saturated rings. The molecule has 3 nitrogen and oxygen atoms in total. The summed E-state index contributed by atoms with van der Waals surface area (Å²) in [7, 11) is 0. The predicted octanol–water partition coefficient (Wildman–Crippen LogP) is 4.63. The van der Waals surface area contributed by atoms with Gasteiger partial charge in [-0.1, -0.05) is 29.8 Å². The number of aryl methyl sites for hydroxylation is 2. The van der Waals surface area contributed by atoms with Crippen molar-refractivity contribution in [2.75, 3.05) is 5.32 Å². The summed E-state index contributed by atoms with van der Waals surface area (Å²) in [4.78, 5) is 12.1. The first-order valence-electron chi connectivity index (χ1n) is 7.23. The van der Waals surface area contributed by atoms with Gasteiger partial charge in [0, 0.05) is 35.4 Å². The maximum Gasteiger partial charge on any atom is 0.226 e. The molecule has 0 atom stereocenters. The Morgan fingerprint density at radius 2 is 2.00 bits per heavy atom. The molecule has 0 unspecified atom stereocenters. The van der Waals surface area contributed by atoms with Gasteiger partial charge in [0.25, 0.3) is 0 Å². The number of aromatic nitrogens is 1. The van der Waals surface area contributed by atoms with Gasteiger partial charge in [-0.2, -0.15) is 0 Å². The molecule has 0 aliphatic heterocycles. The van der Waals surface area contributed by atoms with Crippen LogP contribution in [0.2, 0.25) is 5.02 Å². The molecule has 0 radical (unpaired) electrons. The Morgan fingerprint density at radius 1 is 1.18 bits per heavy atom. The van der Waals surface area contributed by atoms with Crippen molar-refractivity contribution in [1.82, 2.24) is 4.57 Å². The quantitative estimate of drug-likeness (QED) is 0.748. The first-order chi connectivity index (χ1) is 10.6. The van der Waals surface area contributed by atoms with E-state index in [1.807, 2.05) is 37.4 Å². The highest BCUT2D eigenvalue weighted by Gasteiger charge is 2.07. The van der Waals surface area contributed by atoms with Crippen molar-refractivity contribution in [2.45, 2.75) is 19.9 Å². The molecule has 3 aromatic rings. The molecule has 1 aromatic heterocycles. The fourth-order valence-corrected chi connectivity index (χ4v) is 2.76. The third kappa shape index (κ3) is 3.15. The smallest absolute Gasteiger partial charge is 0.226 e. The van der Waals surface area contributed by atoms with E-state index in [2.05, 4.69) is 28.1 Å². The minimum atomic E-state index is 0.00297. The molecule has 0 aliphatic rings. The molecule has 0 aliphatic carbocycles. The van der Waals surface area contributed by atoms with Crippen LogP contribution >= 0.6 is 11.6 Å². The summed E-state index contributed by atoms with van der Waals surface area (Å²) >= 11 is 5.92. The van der Waals surface area contributed by atoms with Gasteiger partial charge >= 0.3 is 0 Å². The zero-order valence-corrected chi connectivity index (χ0v) is 13.1. The van der Waals surface area contributed by atoms with E-state index in [1.165, 1.54) is 5.39 Å². The Kier molecular flexibility index (Phi) is 4.16. The second-order valence-electron chi connectivity index (χ2n) is 5.33. The van der Waals surface area contributed by atoms with Crippen LogP contribution in [0, 0.1) is 6.92 Å². The molecule has 3 rings (SSSR count). The van der Waals surface area contributed by atoms with Crippen LogP contribution in [0.5, 0.6) is 0 Å². The Balaban J connectivity index is 1.65. The van der Waals surface area contributed by atoms with E-state index in [0.717, 1.165) is 16.8 Å². The highest BCUT2D eigenvalue weighted by atomic mass is 35.5. The summed E-state index contributed by atoms with van der Waals surface area (Å²) in [5, 5.41) is 4.80. The van der Waals surface area contributed by atoms with Crippen LogP contribution in [0.15, 0.2) is 54.7 Å². The summed E-state index contributed by atoms with van der Waals surface area (Å²) in [6, 6.07) is 15.7.